The van der Waals surface area contributed by atoms with E-state index < -0.39 is 0 Å². The van der Waals surface area contributed by atoms with E-state index in [-0.39, 0.29) is 5.91 Å². The minimum Gasteiger partial charge on any atom is -0.489 e. The van der Waals surface area contributed by atoms with Gasteiger partial charge in [0.15, 0.2) is 0 Å². The van der Waals surface area contributed by atoms with Gasteiger partial charge in [0.05, 0.1) is 5.52 Å². The Hall–Kier alpha value is -2.81. The summed E-state index contributed by atoms with van der Waals surface area (Å²) in [5.74, 6) is 0.591. The van der Waals surface area contributed by atoms with E-state index in [2.05, 4.69) is 6.58 Å². The van der Waals surface area contributed by atoms with Crippen molar-refractivity contribution in [3.63, 3.8) is 0 Å². The van der Waals surface area contributed by atoms with E-state index in [1.54, 1.807) is 10.8 Å². The Bertz CT molecular complexity index is 787. The lowest BCUT2D eigenvalue weighted by molar-refractivity contribution is 0.0974. The molecule has 0 N–H and O–H groups in total. The fourth-order valence-corrected chi connectivity index (χ4v) is 2.23. The Morgan fingerprint density at radius 3 is 2.71 bits per heavy atom. The number of allylic oxidation sites excluding steroid dienone is 1. The first kappa shape index (κ1) is 13.2. The van der Waals surface area contributed by atoms with Gasteiger partial charge in [-0.25, -0.2) is 0 Å². The molecular weight excluding hydrogens is 262 g/mol. The topological polar surface area (TPSA) is 31.2 Å². The van der Waals surface area contributed by atoms with Crippen LogP contribution in [0.5, 0.6) is 5.75 Å². The monoisotopic (exact) mass is 277 g/mol. The predicted octanol–water partition coefficient (Wildman–Crippen LogP) is 4.05. The Labute approximate surface area is 123 Å². The summed E-state index contributed by atoms with van der Waals surface area (Å²) < 4.78 is 7.35. The van der Waals surface area contributed by atoms with Crippen molar-refractivity contribution in [2.24, 2.45) is 0 Å². The maximum Gasteiger partial charge on any atom is 0.254 e. The summed E-state index contributed by atoms with van der Waals surface area (Å²) in [6.45, 7) is 4.02. The van der Waals surface area contributed by atoms with Crippen LogP contribution in [0.25, 0.3) is 10.9 Å². The number of fused-ring (bicyclic) bond motifs is 1. The number of nitrogens with zero attached hydrogens (tertiary/aromatic N) is 1. The molecule has 0 aliphatic heterocycles. The highest BCUT2D eigenvalue weighted by Crippen LogP contribution is 2.23. The predicted molar refractivity (Wildman–Crippen MR) is 83.5 cm³/mol. The third-order valence-corrected chi connectivity index (χ3v) is 3.32. The molecule has 3 nitrogen and oxygen atoms in total. The molecule has 0 atom stereocenters. The lowest BCUT2D eigenvalue weighted by atomic mass is 10.2. The second-order valence-electron chi connectivity index (χ2n) is 4.72. The van der Waals surface area contributed by atoms with Crippen LogP contribution >= 0.6 is 0 Å². The van der Waals surface area contributed by atoms with Crippen LogP contribution in [0, 0.1) is 0 Å². The van der Waals surface area contributed by atoms with Crippen LogP contribution in [-0.4, -0.2) is 10.5 Å². The summed E-state index contributed by atoms with van der Waals surface area (Å²) in [7, 11) is 0. The van der Waals surface area contributed by atoms with Crippen LogP contribution in [0.1, 0.15) is 10.4 Å². The van der Waals surface area contributed by atoms with Crippen molar-refractivity contribution in [2.45, 2.75) is 6.61 Å². The highest BCUT2D eigenvalue weighted by molar-refractivity contribution is 5.98. The molecule has 0 radical (unpaired) electrons. The van der Waals surface area contributed by atoms with E-state index in [1.165, 1.54) is 6.08 Å². The third-order valence-electron chi connectivity index (χ3n) is 3.32. The molecule has 104 valence electrons. The third kappa shape index (κ3) is 2.72. The number of carbonyl (C=O) groups excluding carboxylic acids is 1. The van der Waals surface area contributed by atoms with Gasteiger partial charge >= 0.3 is 0 Å². The van der Waals surface area contributed by atoms with Gasteiger partial charge in [0.2, 0.25) is 0 Å². The number of benzene rings is 2. The van der Waals surface area contributed by atoms with E-state index in [0.29, 0.717) is 6.61 Å². The summed E-state index contributed by atoms with van der Waals surface area (Å²) in [5, 5.41) is 0.997. The van der Waals surface area contributed by atoms with Crippen molar-refractivity contribution < 1.29 is 9.53 Å². The number of hydrogen-bond acceptors (Lipinski definition) is 2. The smallest absolute Gasteiger partial charge is 0.254 e. The molecule has 0 saturated carbocycles. The first-order valence-electron chi connectivity index (χ1n) is 6.72. The molecule has 0 amide bonds. The molecule has 0 spiro atoms. The summed E-state index contributed by atoms with van der Waals surface area (Å²) in [6, 6.07) is 17.6. The summed E-state index contributed by atoms with van der Waals surface area (Å²) in [4.78, 5) is 11.8. The largest absolute Gasteiger partial charge is 0.489 e. The SMILES string of the molecule is C=CC(=O)n1ccc2ccc(OCc3ccccc3)cc21. The molecule has 1 aromatic heterocycles. The van der Waals surface area contributed by atoms with E-state index in [1.807, 2.05) is 54.6 Å². The van der Waals surface area contributed by atoms with Crippen LogP contribution in [0.2, 0.25) is 0 Å². The van der Waals surface area contributed by atoms with Crippen LogP contribution in [0.3, 0.4) is 0 Å². The van der Waals surface area contributed by atoms with Crippen LogP contribution in [-0.2, 0) is 6.61 Å². The first-order chi connectivity index (χ1) is 10.3. The number of hydrogen-bond donors (Lipinski definition) is 0. The maximum atomic E-state index is 11.8. The number of aromatic nitrogens is 1. The molecule has 0 saturated heterocycles. The zero-order valence-electron chi connectivity index (χ0n) is 11.5. The molecule has 3 rings (SSSR count). The molecule has 0 aliphatic rings. The van der Waals surface area contributed by atoms with E-state index in [9.17, 15) is 4.79 Å². The molecule has 21 heavy (non-hydrogen) atoms. The number of ether oxygens (including phenoxy) is 1. The van der Waals surface area contributed by atoms with Gasteiger partial charge in [-0.05, 0) is 29.8 Å². The Morgan fingerprint density at radius 2 is 1.95 bits per heavy atom. The summed E-state index contributed by atoms with van der Waals surface area (Å²) in [5.41, 5.74) is 1.93. The van der Waals surface area contributed by atoms with Crippen LogP contribution in [0.4, 0.5) is 0 Å². The Balaban J connectivity index is 1.86. The number of rotatable bonds is 4. The normalized spacial score (nSPS) is 10.5. The lowest BCUT2D eigenvalue weighted by Crippen LogP contribution is -2.04. The minimum atomic E-state index is -0.148. The lowest BCUT2D eigenvalue weighted by Gasteiger charge is -2.07. The van der Waals surface area contributed by atoms with Crippen molar-refractivity contribution in [3.8, 4) is 5.75 Å². The zero-order chi connectivity index (χ0) is 14.7. The van der Waals surface area contributed by atoms with Crippen LogP contribution in [0.15, 0.2) is 73.4 Å². The number of carbonyl (C=O) groups is 1. The van der Waals surface area contributed by atoms with E-state index >= 15 is 0 Å². The Kier molecular flexibility index (Phi) is 3.56. The first-order valence-corrected chi connectivity index (χ1v) is 6.72. The van der Waals surface area contributed by atoms with Crippen molar-refractivity contribution in [1.82, 2.24) is 4.57 Å². The van der Waals surface area contributed by atoms with E-state index in [0.717, 1.165) is 22.2 Å². The van der Waals surface area contributed by atoms with Gasteiger partial charge in [-0.3, -0.25) is 9.36 Å². The minimum absolute atomic E-state index is 0.148. The highest BCUT2D eigenvalue weighted by Gasteiger charge is 2.07. The molecule has 1 heterocycles. The van der Waals surface area contributed by atoms with Crippen molar-refractivity contribution in [3.05, 3.63) is 79.0 Å². The second kappa shape index (κ2) is 5.67. The standard InChI is InChI=1S/C18H15NO2/c1-2-18(20)19-11-10-15-8-9-16(12-17(15)19)21-13-14-6-4-3-5-7-14/h2-12H,1,13H2. The van der Waals surface area contributed by atoms with Crippen molar-refractivity contribution >= 4 is 16.8 Å². The fourth-order valence-electron chi connectivity index (χ4n) is 2.23. The highest BCUT2D eigenvalue weighted by atomic mass is 16.5. The van der Waals surface area contributed by atoms with Gasteiger partial charge in [-0.1, -0.05) is 36.9 Å². The fraction of sp³-hybridized carbons (Fsp3) is 0.0556. The van der Waals surface area contributed by atoms with Gasteiger partial charge in [-0.15, -0.1) is 0 Å². The average molecular weight is 277 g/mol. The second-order valence-corrected chi connectivity index (χ2v) is 4.72. The van der Waals surface area contributed by atoms with Gasteiger partial charge in [0.1, 0.15) is 12.4 Å². The molecule has 0 fully saturated rings. The summed E-state index contributed by atoms with van der Waals surface area (Å²) in [6.07, 6.45) is 3.05. The maximum absolute atomic E-state index is 11.8. The molecule has 3 heteroatoms. The molecular formula is C18H15NO2. The Morgan fingerprint density at radius 1 is 1.14 bits per heavy atom. The average Bonchev–Trinajstić information content (AvgIpc) is 2.96. The van der Waals surface area contributed by atoms with Gasteiger partial charge in [-0.2, -0.15) is 0 Å². The van der Waals surface area contributed by atoms with E-state index in [4.69, 9.17) is 4.74 Å². The molecule has 3 aromatic rings. The zero-order valence-corrected chi connectivity index (χ0v) is 11.5. The molecule has 0 aliphatic carbocycles. The molecule has 0 bridgehead atoms. The summed E-state index contributed by atoms with van der Waals surface area (Å²) >= 11 is 0. The van der Waals surface area contributed by atoms with Gasteiger partial charge < -0.3 is 4.74 Å². The quantitative estimate of drug-likeness (QED) is 0.674. The molecule has 0 unspecified atom stereocenters. The van der Waals surface area contributed by atoms with Gasteiger partial charge in [0, 0.05) is 17.6 Å². The van der Waals surface area contributed by atoms with Crippen LogP contribution < -0.4 is 4.74 Å². The van der Waals surface area contributed by atoms with Crippen molar-refractivity contribution in [1.29, 1.82) is 0 Å². The van der Waals surface area contributed by atoms with Gasteiger partial charge in [0.25, 0.3) is 5.91 Å². The molecule has 2 aromatic carbocycles. The van der Waals surface area contributed by atoms with Crippen molar-refractivity contribution in [2.75, 3.05) is 0 Å².